The Bertz CT molecular complexity index is 736. The Morgan fingerprint density at radius 1 is 1.24 bits per heavy atom. The molecule has 1 heterocycles. The van der Waals surface area contributed by atoms with Crippen molar-refractivity contribution in [2.45, 2.75) is 33.1 Å². The van der Waals surface area contributed by atoms with Gasteiger partial charge in [0.1, 0.15) is 17.4 Å². The number of ether oxygens (including phenoxy) is 2. The molecule has 0 radical (unpaired) electrons. The second-order valence-electron chi connectivity index (χ2n) is 5.73. The fourth-order valence-corrected chi connectivity index (χ4v) is 2.00. The lowest BCUT2D eigenvalue weighted by Gasteiger charge is -2.10. The summed E-state index contributed by atoms with van der Waals surface area (Å²) >= 11 is 0. The van der Waals surface area contributed by atoms with Crippen molar-refractivity contribution < 1.29 is 14.3 Å². The van der Waals surface area contributed by atoms with Crippen LogP contribution < -0.4 is 10.1 Å². The number of hydrogen-bond donors (Lipinski definition) is 1. The van der Waals surface area contributed by atoms with E-state index in [9.17, 15) is 4.79 Å². The Kier molecular flexibility index (Phi) is 6.93. The summed E-state index contributed by atoms with van der Waals surface area (Å²) in [7, 11) is 0. The summed E-state index contributed by atoms with van der Waals surface area (Å²) in [4.78, 5) is 15.7. The zero-order valence-electron chi connectivity index (χ0n) is 14.4. The minimum Gasteiger partial charge on any atom is -0.482 e. The van der Waals surface area contributed by atoms with Gasteiger partial charge >= 0.3 is 0 Å². The summed E-state index contributed by atoms with van der Waals surface area (Å²) in [6, 6.07) is 11.4. The fourth-order valence-electron chi connectivity index (χ4n) is 2.00. The Morgan fingerprint density at radius 2 is 1.96 bits per heavy atom. The molecule has 0 spiro atoms. The van der Waals surface area contributed by atoms with Crippen molar-refractivity contribution in [2.75, 3.05) is 6.61 Å². The van der Waals surface area contributed by atoms with Crippen LogP contribution in [0.2, 0.25) is 0 Å². The van der Waals surface area contributed by atoms with Gasteiger partial charge < -0.3 is 14.8 Å². The van der Waals surface area contributed by atoms with Gasteiger partial charge in [-0.2, -0.15) is 5.26 Å². The van der Waals surface area contributed by atoms with Crippen molar-refractivity contribution in [2.24, 2.45) is 0 Å². The molecule has 0 aliphatic rings. The van der Waals surface area contributed by atoms with Crippen molar-refractivity contribution in [1.29, 1.82) is 5.26 Å². The predicted octanol–water partition coefficient (Wildman–Crippen LogP) is 2.57. The van der Waals surface area contributed by atoms with Gasteiger partial charge in [-0.3, -0.25) is 9.78 Å². The van der Waals surface area contributed by atoms with Gasteiger partial charge in [0.15, 0.2) is 6.61 Å². The van der Waals surface area contributed by atoms with Crippen molar-refractivity contribution in [1.82, 2.24) is 10.3 Å². The summed E-state index contributed by atoms with van der Waals surface area (Å²) in [6.45, 7) is 4.83. The molecule has 0 aliphatic carbocycles. The summed E-state index contributed by atoms with van der Waals surface area (Å²) < 4.78 is 10.9. The van der Waals surface area contributed by atoms with Crippen molar-refractivity contribution >= 4 is 5.91 Å². The number of hydrogen-bond acceptors (Lipinski definition) is 5. The Morgan fingerprint density at radius 3 is 2.64 bits per heavy atom. The van der Waals surface area contributed by atoms with Gasteiger partial charge in [0.05, 0.1) is 12.7 Å². The largest absolute Gasteiger partial charge is 0.482 e. The van der Waals surface area contributed by atoms with Crippen LogP contribution in [0, 0.1) is 11.3 Å². The Hall–Kier alpha value is -2.91. The highest BCUT2D eigenvalue weighted by molar-refractivity contribution is 5.77. The molecule has 1 aromatic carbocycles. The number of amides is 1. The van der Waals surface area contributed by atoms with Crippen LogP contribution in [0.15, 0.2) is 42.7 Å². The summed E-state index contributed by atoms with van der Waals surface area (Å²) in [5.41, 5.74) is 2.38. The monoisotopic (exact) mass is 339 g/mol. The molecule has 0 fully saturated rings. The molecular weight excluding hydrogens is 318 g/mol. The van der Waals surface area contributed by atoms with Crippen LogP contribution in [-0.4, -0.2) is 23.6 Å². The highest BCUT2D eigenvalue weighted by Crippen LogP contribution is 2.14. The minimum absolute atomic E-state index is 0.154. The zero-order valence-corrected chi connectivity index (χ0v) is 14.4. The maximum Gasteiger partial charge on any atom is 0.258 e. The van der Waals surface area contributed by atoms with Crippen molar-refractivity contribution in [3.05, 3.63) is 59.4 Å². The number of nitrogens with zero attached hydrogens (tertiary/aromatic N) is 2. The first-order chi connectivity index (χ1) is 12.1. The summed E-state index contributed by atoms with van der Waals surface area (Å²) in [5, 5.41) is 11.7. The summed E-state index contributed by atoms with van der Waals surface area (Å²) in [5.74, 6) is 0.0927. The van der Waals surface area contributed by atoms with E-state index in [-0.39, 0.29) is 18.6 Å². The second-order valence-corrected chi connectivity index (χ2v) is 5.73. The van der Waals surface area contributed by atoms with Crippen LogP contribution in [0.5, 0.6) is 5.75 Å². The maximum absolute atomic E-state index is 11.9. The molecular formula is C19H21N3O3. The van der Waals surface area contributed by atoms with Gasteiger partial charge in [-0.05, 0) is 31.0 Å². The van der Waals surface area contributed by atoms with Crippen LogP contribution in [-0.2, 0) is 22.7 Å². The molecule has 25 heavy (non-hydrogen) atoms. The maximum atomic E-state index is 11.9. The van der Waals surface area contributed by atoms with E-state index in [1.54, 1.807) is 6.07 Å². The predicted molar refractivity (Wildman–Crippen MR) is 92.7 cm³/mol. The number of pyridine rings is 1. The zero-order chi connectivity index (χ0) is 18.1. The van der Waals surface area contributed by atoms with E-state index in [1.165, 1.54) is 12.4 Å². The lowest BCUT2D eigenvalue weighted by atomic mass is 10.1. The van der Waals surface area contributed by atoms with Gasteiger partial charge in [0.25, 0.3) is 5.91 Å². The van der Waals surface area contributed by atoms with Gasteiger partial charge in [-0.15, -0.1) is 0 Å². The number of nitrogens with one attached hydrogen (secondary N) is 1. The van der Waals surface area contributed by atoms with Crippen molar-refractivity contribution in [3.63, 3.8) is 0 Å². The van der Waals surface area contributed by atoms with Crippen LogP contribution in [0.1, 0.15) is 30.5 Å². The lowest BCUT2D eigenvalue weighted by molar-refractivity contribution is -0.123. The SMILES string of the molecule is CC(C)OCc1ccc(CNC(=O)COc2ccncc2C#N)cc1. The molecule has 0 bridgehead atoms. The molecule has 0 atom stereocenters. The third kappa shape index (κ3) is 6.24. The fraction of sp³-hybridized carbons (Fsp3) is 0.316. The first-order valence-corrected chi connectivity index (χ1v) is 8.01. The number of benzene rings is 1. The third-order valence-corrected chi connectivity index (χ3v) is 3.36. The number of carbonyl (C=O) groups excluding carboxylic acids is 1. The molecule has 2 rings (SSSR count). The smallest absolute Gasteiger partial charge is 0.258 e. The third-order valence-electron chi connectivity index (χ3n) is 3.36. The topological polar surface area (TPSA) is 84.2 Å². The van der Waals surface area contributed by atoms with E-state index in [0.29, 0.717) is 24.5 Å². The van der Waals surface area contributed by atoms with Gasteiger partial charge in [-0.25, -0.2) is 0 Å². The first-order valence-electron chi connectivity index (χ1n) is 8.01. The average molecular weight is 339 g/mol. The standard InChI is InChI=1S/C19H21N3O3/c1-14(2)24-12-16-5-3-15(4-6-16)10-22-19(23)13-25-18-7-8-21-11-17(18)9-20/h3-8,11,14H,10,12-13H2,1-2H3,(H,22,23). The number of rotatable bonds is 8. The summed E-state index contributed by atoms with van der Waals surface area (Å²) in [6.07, 6.45) is 3.11. The molecule has 130 valence electrons. The highest BCUT2D eigenvalue weighted by atomic mass is 16.5. The van der Waals surface area contributed by atoms with Gasteiger partial charge in [0.2, 0.25) is 0 Å². The van der Waals surface area contributed by atoms with Crippen LogP contribution >= 0.6 is 0 Å². The Balaban J connectivity index is 1.77. The van der Waals surface area contributed by atoms with Crippen molar-refractivity contribution in [3.8, 4) is 11.8 Å². The average Bonchev–Trinajstić information content (AvgIpc) is 2.64. The van der Waals surface area contributed by atoms with Crippen LogP contribution in [0.25, 0.3) is 0 Å². The first kappa shape index (κ1) is 18.4. The van der Waals surface area contributed by atoms with E-state index < -0.39 is 0 Å². The normalized spacial score (nSPS) is 10.3. The van der Waals surface area contributed by atoms with E-state index in [2.05, 4.69) is 10.3 Å². The highest BCUT2D eigenvalue weighted by Gasteiger charge is 2.07. The van der Waals surface area contributed by atoms with Gasteiger partial charge in [0, 0.05) is 18.9 Å². The molecule has 0 saturated heterocycles. The molecule has 2 aromatic rings. The molecule has 6 heteroatoms. The van der Waals surface area contributed by atoms with E-state index in [4.69, 9.17) is 14.7 Å². The lowest BCUT2D eigenvalue weighted by Crippen LogP contribution is -2.28. The van der Waals surface area contributed by atoms with E-state index >= 15 is 0 Å². The van der Waals surface area contributed by atoms with E-state index in [1.807, 2.05) is 44.2 Å². The molecule has 0 saturated carbocycles. The number of nitriles is 1. The Labute approximate surface area is 147 Å². The quantitative estimate of drug-likeness (QED) is 0.799. The van der Waals surface area contributed by atoms with Crippen LogP contribution in [0.4, 0.5) is 0 Å². The molecule has 1 amide bonds. The van der Waals surface area contributed by atoms with Gasteiger partial charge in [-0.1, -0.05) is 24.3 Å². The second kappa shape index (κ2) is 9.40. The molecule has 0 aliphatic heterocycles. The van der Waals surface area contributed by atoms with Crippen LogP contribution in [0.3, 0.4) is 0 Å². The van der Waals surface area contributed by atoms with E-state index in [0.717, 1.165) is 11.1 Å². The molecule has 1 N–H and O–H groups in total. The molecule has 6 nitrogen and oxygen atoms in total. The number of carbonyl (C=O) groups is 1. The minimum atomic E-state index is -0.257. The molecule has 0 unspecified atom stereocenters. The number of aromatic nitrogens is 1. The molecule has 1 aromatic heterocycles.